The van der Waals surface area contributed by atoms with Crippen LogP contribution in [0.15, 0.2) is 0 Å². The molecule has 24 heavy (non-hydrogen) atoms. The number of carboxylic acids is 1. The lowest BCUT2D eigenvalue weighted by Gasteiger charge is -2.33. The molecule has 0 fully saturated rings. The van der Waals surface area contributed by atoms with Gasteiger partial charge in [0.05, 0.1) is 18.2 Å². The monoisotopic (exact) mass is 336 g/mol. The zero-order valence-electron chi connectivity index (χ0n) is 14.8. The average molecular weight is 336 g/mol. The van der Waals surface area contributed by atoms with E-state index in [0.29, 0.717) is 35.3 Å². The van der Waals surface area contributed by atoms with Crippen molar-refractivity contribution in [2.24, 2.45) is 5.41 Å². The second kappa shape index (κ2) is 6.02. The largest absolute Gasteiger partial charge is 0.496 e. The summed E-state index contributed by atoms with van der Waals surface area (Å²) < 4.78 is 22.2. The van der Waals surface area contributed by atoms with Gasteiger partial charge >= 0.3 is 5.97 Å². The van der Waals surface area contributed by atoms with Gasteiger partial charge in [0, 0.05) is 20.6 Å². The predicted octanol–water partition coefficient (Wildman–Crippen LogP) is 2.71. The summed E-state index contributed by atoms with van der Waals surface area (Å²) in [5, 5.41) is 9.89. The first-order chi connectivity index (χ1) is 11.3. The van der Waals surface area contributed by atoms with Crippen LogP contribution in [0.4, 0.5) is 0 Å². The highest BCUT2D eigenvalue weighted by Crippen LogP contribution is 2.49. The summed E-state index contributed by atoms with van der Waals surface area (Å²) >= 11 is 0. The smallest absolute Gasteiger partial charge is 0.336 e. The van der Waals surface area contributed by atoms with Gasteiger partial charge in [-0.15, -0.1) is 0 Å². The van der Waals surface area contributed by atoms with Gasteiger partial charge in [0.1, 0.15) is 5.75 Å². The molecule has 0 radical (unpaired) electrons. The number of hydrogen-bond acceptors (Lipinski definition) is 5. The molecule has 0 aromatic heterocycles. The van der Waals surface area contributed by atoms with Crippen molar-refractivity contribution in [3.05, 3.63) is 27.8 Å². The van der Waals surface area contributed by atoms with Crippen molar-refractivity contribution in [2.75, 3.05) is 21.3 Å². The van der Waals surface area contributed by atoms with Crippen LogP contribution in [-0.2, 0) is 33.5 Å². The van der Waals surface area contributed by atoms with Crippen LogP contribution < -0.4 is 4.74 Å². The van der Waals surface area contributed by atoms with E-state index in [-0.39, 0.29) is 5.41 Å². The fourth-order valence-corrected chi connectivity index (χ4v) is 3.99. The summed E-state index contributed by atoms with van der Waals surface area (Å²) in [6.07, 6.45) is 0.586. The highest BCUT2D eigenvalue weighted by atomic mass is 16.8. The number of hydrogen-bond donors (Lipinski definition) is 1. The van der Waals surface area contributed by atoms with Crippen LogP contribution in [0.1, 0.15) is 52.7 Å². The minimum atomic E-state index is -0.922. The number of rotatable bonds is 4. The van der Waals surface area contributed by atoms with Crippen molar-refractivity contribution in [1.82, 2.24) is 0 Å². The minimum Gasteiger partial charge on any atom is -0.496 e. The Labute approximate surface area is 141 Å². The van der Waals surface area contributed by atoms with Gasteiger partial charge in [-0.25, -0.2) is 4.79 Å². The van der Waals surface area contributed by atoms with E-state index in [1.807, 2.05) is 0 Å². The number of benzene rings is 1. The Balaban J connectivity index is 2.32. The van der Waals surface area contributed by atoms with Crippen LogP contribution in [-0.4, -0.2) is 38.7 Å². The quantitative estimate of drug-likeness (QED) is 0.911. The van der Waals surface area contributed by atoms with Crippen molar-refractivity contribution in [2.45, 2.75) is 45.7 Å². The Morgan fingerprint density at radius 1 is 1.12 bits per heavy atom. The van der Waals surface area contributed by atoms with Gasteiger partial charge in [0.25, 0.3) is 0 Å². The van der Waals surface area contributed by atoms with Gasteiger partial charge in [-0.05, 0) is 34.9 Å². The lowest BCUT2D eigenvalue weighted by atomic mass is 9.87. The van der Waals surface area contributed by atoms with E-state index in [9.17, 15) is 9.90 Å². The minimum absolute atomic E-state index is 0.00611. The fourth-order valence-electron chi connectivity index (χ4n) is 3.99. The Morgan fingerprint density at radius 3 is 2.33 bits per heavy atom. The van der Waals surface area contributed by atoms with Crippen LogP contribution >= 0.6 is 0 Å². The molecule has 2 atom stereocenters. The first kappa shape index (κ1) is 17.2. The molecule has 2 aliphatic rings. The van der Waals surface area contributed by atoms with E-state index in [1.165, 1.54) is 14.2 Å². The van der Waals surface area contributed by atoms with E-state index < -0.39 is 18.5 Å². The lowest BCUT2D eigenvalue weighted by Crippen LogP contribution is -2.31. The molecule has 0 saturated heterocycles. The summed E-state index contributed by atoms with van der Waals surface area (Å²) in [6, 6.07) is 0. The van der Waals surface area contributed by atoms with Crippen molar-refractivity contribution in [1.29, 1.82) is 0 Å². The number of carbonyl (C=O) groups is 1. The average Bonchev–Trinajstić information content (AvgIpc) is 2.84. The number of carboxylic acid groups (broad SMARTS) is 1. The second-order valence-electron chi connectivity index (χ2n) is 7.15. The van der Waals surface area contributed by atoms with Crippen molar-refractivity contribution >= 4 is 5.97 Å². The van der Waals surface area contributed by atoms with E-state index in [2.05, 4.69) is 13.8 Å². The molecule has 1 N–H and O–H groups in total. The summed E-state index contributed by atoms with van der Waals surface area (Å²) in [7, 11) is 4.68. The topological polar surface area (TPSA) is 74.2 Å². The standard InChI is InChI=1S/C18H24O6/c1-18(2)7-10-11(8-18)15(22-4)14-9(13(10)16(19)20)6-12(21-3)24-17(14)23-5/h12,17H,6-8H2,1-5H3,(H,19,20)/t12-,17-/m1/s1. The molecule has 0 spiro atoms. The molecule has 0 unspecified atom stereocenters. The van der Waals surface area contributed by atoms with E-state index >= 15 is 0 Å². The zero-order valence-corrected chi connectivity index (χ0v) is 14.8. The molecule has 3 rings (SSSR count). The second-order valence-corrected chi connectivity index (χ2v) is 7.15. The van der Waals surface area contributed by atoms with Gasteiger partial charge in [-0.1, -0.05) is 13.8 Å². The number of methoxy groups -OCH3 is 3. The molecule has 1 heterocycles. The van der Waals surface area contributed by atoms with Gasteiger partial charge in [-0.3, -0.25) is 0 Å². The first-order valence-electron chi connectivity index (χ1n) is 8.01. The van der Waals surface area contributed by atoms with Crippen LogP contribution in [0.3, 0.4) is 0 Å². The van der Waals surface area contributed by atoms with Crippen molar-refractivity contribution in [3.8, 4) is 5.75 Å². The van der Waals surface area contributed by atoms with Gasteiger partial charge in [0.15, 0.2) is 12.6 Å². The summed E-state index contributed by atoms with van der Waals surface area (Å²) in [4.78, 5) is 12.1. The van der Waals surface area contributed by atoms with E-state index in [1.54, 1.807) is 7.11 Å². The third kappa shape index (κ3) is 2.59. The van der Waals surface area contributed by atoms with E-state index in [0.717, 1.165) is 17.5 Å². The molecular weight excluding hydrogens is 312 g/mol. The van der Waals surface area contributed by atoms with Crippen molar-refractivity contribution in [3.63, 3.8) is 0 Å². The fraction of sp³-hybridized carbons (Fsp3) is 0.611. The molecule has 0 bridgehead atoms. The Bertz CT molecular complexity index is 679. The molecule has 132 valence electrons. The van der Waals surface area contributed by atoms with Gasteiger partial charge in [-0.2, -0.15) is 0 Å². The maximum absolute atomic E-state index is 12.1. The Hall–Kier alpha value is -1.63. The molecule has 6 heteroatoms. The molecular formula is C18H24O6. The molecule has 1 aromatic carbocycles. The molecule has 1 aliphatic heterocycles. The lowest BCUT2D eigenvalue weighted by molar-refractivity contribution is -0.241. The van der Waals surface area contributed by atoms with E-state index in [4.69, 9.17) is 18.9 Å². The predicted molar refractivity (Wildman–Crippen MR) is 86.5 cm³/mol. The van der Waals surface area contributed by atoms with Crippen LogP contribution in [0, 0.1) is 5.41 Å². The number of aromatic carboxylic acids is 1. The third-order valence-corrected chi connectivity index (χ3v) is 4.90. The summed E-state index contributed by atoms with van der Waals surface area (Å²) in [5.41, 5.74) is 3.56. The molecule has 1 aliphatic carbocycles. The summed E-state index contributed by atoms with van der Waals surface area (Å²) in [5.74, 6) is -0.230. The van der Waals surface area contributed by atoms with Gasteiger partial charge in [0.2, 0.25) is 0 Å². The maximum Gasteiger partial charge on any atom is 0.336 e. The molecule has 6 nitrogen and oxygen atoms in total. The highest BCUT2D eigenvalue weighted by Gasteiger charge is 2.42. The SMILES string of the molecule is COc1c2c(c(C(=O)O)c3c1[C@H](OC)O[C@@H](OC)C3)CC(C)(C)C2. The molecule has 0 saturated carbocycles. The third-order valence-electron chi connectivity index (χ3n) is 4.90. The van der Waals surface area contributed by atoms with Crippen LogP contribution in [0.2, 0.25) is 0 Å². The maximum atomic E-state index is 12.1. The summed E-state index contributed by atoms with van der Waals surface area (Å²) in [6.45, 7) is 4.28. The van der Waals surface area contributed by atoms with Crippen molar-refractivity contribution < 1.29 is 28.8 Å². The van der Waals surface area contributed by atoms with Gasteiger partial charge < -0.3 is 24.1 Å². The van der Waals surface area contributed by atoms with Crippen LogP contribution in [0.5, 0.6) is 5.75 Å². The van der Waals surface area contributed by atoms with Crippen LogP contribution in [0.25, 0.3) is 0 Å². The Morgan fingerprint density at radius 2 is 1.79 bits per heavy atom. The zero-order chi connectivity index (χ0) is 17.6. The number of ether oxygens (including phenoxy) is 4. The number of fused-ring (bicyclic) bond motifs is 2. The highest BCUT2D eigenvalue weighted by molar-refractivity contribution is 5.93. The first-order valence-corrected chi connectivity index (χ1v) is 8.01. The normalized spacial score (nSPS) is 24.4. The Kier molecular flexibility index (Phi) is 4.32. The molecule has 1 aromatic rings. The molecule has 0 amide bonds.